The van der Waals surface area contributed by atoms with Gasteiger partial charge in [-0.1, -0.05) is 5.10 Å². The molecule has 0 bridgehead atoms. The maximum Gasteiger partial charge on any atom is 0.322 e. The van der Waals surface area contributed by atoms with E-state index < -0.39 is 0 Å². The van der Waals surface area contributed by atoms with Crippen LogP contribution in [0.4, 0.5) is 6.01 Å². The van der Waals surface area contributed by atoms with E-state index >= 15 is 0 Å². The lowest BCUT2D eigenvalue weighted by Gasteiger charge is -1.99. The summed E-state index contributed by atoms with van der Waals surface area (Å²) in [5.74, 6) is 0.594. The van der Waals surface area contributed by atoms with Crippen molar-refractivity contribution in [2.24, 2.45) is 0 Å². The van der Waals surface area contributed by atoms with E-state index in [0.29, 0.717) is 17.5 Å². The maximum atomic E-state index is 11.8. The van der Waals surface area contributed by atoms with Crippen LogP contribution < -0.4 is 5.32 Å². The molecule has 2 aromatic rings. The summed E-state index contributed by atoms with van der Waals surface area (Å²) in [5, 5.41) is 10.2. The van der Waals surface area contributed by atoms with E-state index in [4.69, 9.17) is 4.42 Å². The molecule has 0 aliphatic heterocycles. The summed E-state index contributed by atoms with van der Waals surface area (Å²) in [6.07, 6.45) is 3.70. The van der Waals surface area contributed by atoms with Gasteiger partial charge in [-0.15, -0.1) is 5.10 Å². The Labute approximate surface area is 111 Å². The molecule has 1 aliphatic rings. The van der Waals surface area contributed by atoms with E-state index in [1.807, 2.05) is 0 Å². The molecule has 1 fully saturated rings. The highest BCUT2D eigenvalue weighted by atomic mass is 79.9. The Kier molecular flexibility index (Phi) is 2.83. The van der Waals surface area contributed by atoms with Gasteiger partial charge in [0.2, 0.25) is 5.89 Å². The van der Waals surface area contributed by atoms with Crippen LogP contribution in [-0.4, -0.2) is 21.1 Å². The summed E-state index contributed by atoms with van der Waals surface area (Å²) in [6.45, 7) is 0. The molecule has 0 unspecified atom stereocenters. The van der Waals surface area contributed by atoms with Crippen molar-refractivity contribution >= 4 is 27.9 Å². The average molecular weight is 309 g/mol. The predicted octanol–water partition coefficient (Wildman–Crippen LogP) is 2.36. The van der Waals surface area contributed by atoms with Crippen LogP contribution in [0.15, 0.2) is 27.2 Å². The fourth-order valence-electron chi connectivity index (χ4n) is 1.45. The van der Waals surface area contributed by atoms with E-state index in [-0.39, 0.29) is 11.9 Å². The average Bonchev–Trinajstić information content (AvgIpc) is 3.11. The lowest BCUT2D eigenvalue weighted by atomic mass is 10.3. The number of hydrogen-bond acceptors (Lipinski definition) is 5. The summed E-state index contributed by atoms with van der Waals surface area (Å²) in [5.41, 5.74) is 0.296. The van der Waals surface area contributed by atoms with Crippen LogP contribution in [0.25, 0.3) is 0 Å². The molecule has 1 aliphatic carbocycles. The normalized spacial score (nSPS) is 14.5. The van der Waals surface area contributed by atoms with Crippen LogP contribution in [0.2, 0.25) is 0 Å². The number of carbonyl (C=O) groups excluding carboxylic acids is 1. The van der Waals surface area contributed by atoms with Crippen molar-refractivity contribution in [1.29, 1.82) is 0 Å². The van der Waals surface area contributed by atoms with Crippen molar-refractivity contribution in [3.63, 3.8) is 0 Å². The Balaban J connectivity index is 1.70. The minimum atomic E-state index is -0.367. The van der Waals surface area contributed by atoms with Crippen molar-refractivity contribution < 1.29 is 9.21 Å². The van der Waals surface area contributed by atoms with Gasteiger partial charge >= 0.3 is 6.01 Å². The number of aromatic nitrogens is 3. The molecule has 3 rings (SSSR count). The second kappa shape index (κ2) is 4.49. The molecule has 0 spiro atoms. The second-order valence-electron chi connectivity index (χ2n) is 4.04. The van der Waals surface area contributed by atoms with Gasteiger partial charge in [0, 0.05) is 16.6 Å². The molecule has 92 valence electrons. The van der Waals surface area contributed by atoms with Crippen LogP contribution in [0, 0.1) is 0 Å². The first-order valence-electron chi connectivity index (χ1n) is 5.48. The molecule has 0 atom stereocenters. The van der Waals surface area contributed by atoms with Crippen molar-refractivity contribution in [3.05, 3.63) is 34.4 Å². The number of anilines is 1. The van der Waals surface area contributed by atoms with Crippen LogP contribution in [0.1, 0.15) is 35.1 Å². The molecule has 2 heterocycles. The molecule has 0 radical (unpaired) electrons. The van der Waals surface area contributed by atoms with Crippen molar-refractivity contribution in [1.82, 2.24) is 15.2 Å². The predicted molar refractivity (Wildman–Crippen MR) is 66.2 cm³/mol. The van der Waals surface area contributed by atoms with Gasteiger partial charge in [0.05, 0.1) is 0 Å². The van der Waals surface area contributed by atoms with Crippen molar-refractivity contribution in [2.75, 3.05) is 5.32 Å². The first-order chi connectivity index (χ1) is 8.72. The zero-order valence-corrected chi connectivity index (χ0v) is 10.8. The maximum absolute atomic E-state index is 11.8. The third kappa shape index (κ3) is 2.40. The van der Waals surface area contributed by atoms with E-state index in [1.54, 1.807) is 18.3 Å². The zero-order valence-electron chi connectivity index (χ0n) is 9.26. The van der Waals surface area contributed by atoms with E-state index in [9.17, 15) is 4.79 Å². The molecule has 1 saturated carbocycles. The van der Waals surface area contributed by atoms with Crippen LogP contribution in [0.5, 0.6) is 0 Å². The first kappa shape index (κ1) is 11.3. The summed E-state index contributed by atoms with van der Waals surface area (Å²) >= 11 is 3.25. The summed E-state index contributed by atoms with van der Waals surface area (Å²) < 4.78 is 6.15. The second-order valence-corrected chi connectivity index (χ2v) is 4.95. The van der Waals surface area contributed by atoms with Gasteiger partial charge in [0.15, 0.2) is 0 Å². The van der Waals surface area contributed by atoms with Gasteiger partial charge in [0.1, 0.15) is 5.69 Å². The van der Waals surface area contributed by atoms with Crippen LogP contribution >= 0.6 is 15.9 Å². The topological polar surface area (TPSA) is 80.9 Å². The van der Waals surface area contributed by atoms with Gasteiger partial charge in [-0.3, -0.25) is 10.1 Å². The summed E-state index contributed by atoms with van der Waals surface area (Å²) in [7, 11) is 0. The largest absolute Gasteiger partial charge is 0.408 e. The lowest BCUT2D eigenvalue weighted by Crippen LogP contribution is -2.13. The number of pyridine rings is 1. The fraction of sp³-hybridized carbons (Fsp3) is 0.273. The number of halogens is 1. The molecule has 7 heteroatoms. The van der Waals surface area contributed by atoms with Gasteiger partial charge < -0.3 is 4.42 Å². The zero-order chi connectivity index (χ0) is 12.5. The lowest BCUT2D eigenvalue weighted by molar-refractivity contribution is 0.101. The Hall–Kier alpha value is -1.76. The van der Waals surface area contributed by atoms with E-state index in [1.165, 1.54) is 0 Å². The molecular weight excluding hydrogens is 300 g/mol. The Morgan fingerprint density at radius 3 is 2.89 bits per heavy atom. The Morgan fingerprint density at radius 1 is 1.39 bits per heavy atom. The Morgan fingerprint density at radius 2 is 2.22 bits per heavy atom. The van der Waals surface area contributed by atoms with E-state index in [2.05, 4.69) is 36.4 Å². The number of nitrogens with zero attached hydrogens (tertiary/aromatic N) is 3. The molecule has 0 saturated heterocycles. The molecule has 0 aromatic carbocycles. The number of nitrogens with one attached hydrogen (secondary N) is 1. The highest BCUT2D eigenvalue weighted by Crippen LogP contribution is 2.39. The highest BCUT2D eigenvalue weighted by molar-refractivity contribution is 9.10. The summed E-state index contributed by atoms with van der Waals surface area (Å²) in [4.78, 5) is 15.8. The molecule has 6 nitrogen and oxygen atoms in total. The molecule has 1 amide bonds. The number of rotatable bonds is 3. The minimum absolute atomic E-state index is 0.117. The third-order valence-electron chi connectivity index (χ3n) is 2.55. The van der Waals surface area contributed by atoms with Gasteiger partial charge in [0.25, 0.3) is 5.91 Å². The van der Waals surface area contributed by atoms with Gasteiger partial charge in [-0.25, -0.2) is 4.98 Å². The minimum Gasteiger partial charge on any atom is -0.408 e. The smallest absolute Gasteiger partial charge is 0.322 e. The van der Waals surface area contributed by atoms with E-state index in [0.717, 1.165) is 17.3 Å². The monoisotopic (exact) mass is 308 g/mol. The van der Waals surface area contributed by atoms with Gasteiger partial charge in [-0.05, 0) is 40.9 Å². The molecular formula is C11H9BrN4O2. The van der Waals surface area contributed by atoms with Gasteiger partial charge in [-0.2, -0.15) is 0 Å². The first-order valence-corrected chi connectivity index (χ1v) is 6.28. The molecule has 2 aromatic heterocycles. The quantitative estimate of drug-likeness (QED) is 0.941. The fourth-order valence-corrected chi connectivity index (χ4v) is 1.69. The number of amides is 1. The SMILES string of the molecule is O=C(Nc1nnc(C2CC2)o1)c1ccc(Br)cn1. The van der Waals surface area contributed by atoms with Crippen LogP contribution in [-0.2, 0) is 0 Å². The third-order valence-corrected chi connectivity index (χ3v) is 3.02. The standard InChI is InChI=1S/C11H9BrN4O2/c12-7-3-4-8(13-5-7)9(17)14-11-16-15-10(18-11)6-1-2-6/h3-6H,1-2H2,(H,14,16,17). The molecule has 18 heavy (non-hydrogen) atoms. The molecule has 1 N–H and O–H groups in total. The Bertz CT molecular complexity index is 577. The number of carbonyl (C=O) groups is 1. The summed E-state index contributed by atoms with van der Waals surface area (Å²) in [6, 6.07) is 3.47. The number of hydrogen-bond donors (Lipinski definition) is 1. The highest BCUT2D eigenvalue weighted by Gasteiger charge is 2.29. The van der Waals surface area contributed by atoms with Crippen molar-refractivity contribution in [2.45, 2.75) is 18.8 Å². The van der Waals surface area contributed by atoms with Crippen molar-refractivity contribution in [3.8, 4) is 0 Å². The van der Waals surface area contributed by atoms with Crippen LogP contribution in [0.3, 0.4) is 0 Å².